The minimum absolute atomic E-state index is 0.444. The summed E-state index contributed by atoms with van der Waals surface area (Å²) >= 11 is 0. The number of hydrogen-bond donors (Lipinski definition) is 0. The lowest BCUT2D eigenvalue weighted by molar-refractivity contribution is -0.107. The molecule has 0 saturated carbocycles. The highest BCUT2D eigenvalue weighted by Crippen LogP contribution is 2.18. The van der Waals surface area contributed by atoms with Crippen LogP contribution >= 0.6 is 0 Å². The van der Waals surface area contributed by atoms with E-state index >= 15 is 0 Å². The Balaban J connectivity index is 2.98. The number of anilines is 1. The first kappa shape index (κ1) is 10.7. The second-order valence-corrected chi connectivity index (χ2v) is 3.05. The number of nitrogens with zero attached hydrogens (tertiary/aromatic N) is 2. The van der Waals surface area contributed by atoms with Gasteiger partial charge in [-0.2, -0.15) is 0 Å². The molecule has 1 aromatic rings. The number of pyridine rings is 1. The summed E-state index contributed by atoms with van der Waals surface area (Å²) in [5.41, 5.74) is 2.13. The van der Waals surface area contributed by atoms with Crippen molar-refractivity contribution in [3.8, 4) is 0 Å². The van der Waals surface area contributed by atoms with Crippen molar-refractivity contribution in [1.82, 2.24) is 4.98 Å². The van der Waals surface area contributed by atoms with E-state index in [4.69, 9.17) is 0 Å². The van der Waals surface area contributed by atoms with Crippen molar-refractivity contribution in [3.63, 3.8) is 0 Å². The van der Waals surface area contributed by atoms with Gasteiger partial charge < -0.3 is 9.69 Å². The summed E-state index contributed by atoms with van der Waals surface area (Å²) in [7, 11) is 0. The molecule has 0 aliphatic heterocycles. The summed E-state index contributed by atoms with van der Waals surface area (Å²) in [6, 6.07) is 1.96. The predicted octanol–water partition coefficient (Wildman–Crippen LogP) is 1.67. The van der Waals surface area contributed by atoms with E-state index in [1.54, 1.807) is 12.4 Å². The van der Waals surface area contributed by atoms with Gasteiger partial charge in [-0.3, -0.25) is 4.98 Å². The van der Waals surface area contributed by atoms with E-state index in [2.05, 4.69) is 23.7 Å². The SMILES string of the molecule is CCN(CC)c1ccncc1CC=O. The average Bonchev–Trinajstić information content (AvgIpc) is 2.23. The van der Waals surface area contributed by atoms with Crippen LogP contribution in [0.1, 0.15) is 19.4 Å². The molecule has 0 saturated heterocycles. The van der Waals surface area contributed by atoms with Gasteiger partial charge in [-0.05, 0) is 19.9 Å². The molecule has 0 amide bonds. The number of aldehydes is 1. The van der Waals surface area contributed by atoms with E-state index in [0.29, 0.717) is 6.42 Å². The van der Waals surface area contributed by atoms with Crippen LogP contribution < -0.4 is 4.90 Å². The standard InChI is InChI=1S/C11H16N2O/c1-3-13(4-2)11-5-7-12-9-10(11)6-8-14/h5,7-9H,3-4,6H2,1-2H3. The normalized spacial score (nSPS) is 9.86. The van der Waals surface area contributed by atoms with Gasteiger partial charge in [0.1, 0.15) is 6.29 Å². The van der Waals surface area contributed by atoms with Crippen LogP contribution in [0.2, 0.25) is 0 Å². The van der Waals surface area contributed by atoms with Crippen molar-refractivity contribution in [3.05, 3.63) is 24.0 Å². The smallest absolute Gasteiger partial charge is 0.124 e. The Kier molecular flexibility index (Phi) is 4.11. The maximum absolute atomic E-state index is 10.5. The van der Waals surface area contributed by atoms with Gasteiger partial charge in [-0.15, -0.1) is 0 Å². The lowest BCUT2D eigenvalue weighted by Crippen LogP contribution is -2.23. The fraction of sp³-hybridized carbons (Fsp3) is 0.455. The van der Waals surface area contributed by atoms with E-state index in [1.807, 2.05) is 6.07 Å². The van der Waals surface area contributed by atoms with Gasteiger partial charge in [-0.1, -0.05) is 0 Å². The summed E-state index contributed by atoms with van der Waals surface area (Å²) in [6.45, 7) is 6.11. The average molecular weight is 192 g/mol. The van der Waals surface area contributed by atoms with Crippen molar-refractivity contribution in [2.24, 2.45) is 0 Å². The first-order valence-corrected chi connectivity index (χ1v) is 4.94. The molecule has 1 heterocycles. The molecular weight excluding hydrogens is 176 g/mol. The summed E-state index contributed by atoms with van der Waals surface area (Å²) in [4.78, 5) is 16.7. The highest BCUT2D eigenvalue weighted by molar-refractivity contribution is 5.62. The predicted molar refractivity (Wildman–Crippen MR) is 57.6 cm³/mol. The Bertz CT molecular complexity index is 295. The molecule has 76 valence electrons. The maximum atomic E-state index is 10.5. The van der Waals surface area contributed by atoms with Crippen molar-refractivity contribution in [1.29, 1.82) is 0 Å². The number of carbonyl (C=O) groups is 1. The van der Waals surface area contributed by atoms with Gasteiger partial charge in [0, 0.05) is 43.2 Å². The second kappa shape index (κ2) is 5.37. The molecule has 1 rings (SSSR count). The van der Waals surface area contributed by atoms with Gasteiger partial charge in [-0.25, -0.2) is 0 Å². The third-order valence-electron chi connectivity index (χ3n) is 2.29. The third-order valence-corrected chi connectivity index (χ3v) is 2.29. The molecule has 0 aliphatic rings. The van der Waals surface area contributed by atoms with E-state index in [9.17, 15) is 4.79 Å². The molecule has 3 nitrogen and oxygen atoms in total. The van der Waals surface area contributed by atoms with Crippen molar-refractivity contribution in [2.45, 2.75) is 20.3 Å². The fourth-order valence-corrected chi connectivity index (χ4v) is 1.54. The van der Waals surface area contributed by atoms with Gasteiger partial charge in [0.25, 0.3) is 0 Å². The van der Waals surface area contributed by atoms with Crippen molar-refractivity contribution < 1.29 is 4.79 Å². The van der Waals surface area contributed by atoms with Crippen LogP contribution in [0, 0.1) is 0 Å². The van der Waals surface area contributed by atoms with Crippen LogP contribution in [0.4, 0.5) is 5.69 Å². The van der Waals surface area contributed by atoms with E-state index in [1.165, 1.54) is 0 Å². The van der Waals surface area contributed by atoms with Crippen molar-refractivity contribution >= 4 is 12.0 Å². The largest absolute Gasteiger partial charge is 0.372 e. The van der Waals surface area contributed by atoms with E-state index < -0.39 is 0 Å². The van der Waals surface area contributed by atoms with Crippen LogP contribution in [0.3, 0.4) is 0 Å². The maximum Gasteiger partial charge on any atom is 0.124 e. The summed E-state index contributed by atoms with van der Waals surface area (Å²) in [5, 5.41) is 0. The van der Waals surface area contributed by atoms with Crippen molar-refractivity contribution in [2.75, 3.05) is 18.0 Å². The minimum atomic E-state index is 0.444. The topological polar surface area (TPSA) is 33.2 Å². The zero-order valence-corrected chi connectivity index (χ0v) is 8.73. The van der Waals surface area contributed by atoms with Crippen LogP contribution in [-0.2, 0) is 11.2 Å². The molecular formula is C11H16N2O. The fourth-order valence-electron chi connectivity index (χ4n) is 1.54. The molecule has 14 heavy (non-hydrogen) atoms. The Morgan fingerprint density at radius 2 is 2.14 bits per heavy atom. The Morgan fingerprint density at radius 3 is 2.71 bits per heavy atom. The molecule has 0 spiro atoms. The molecule has 0 unspecified atom stereocenters. The number of hydrogen-bond acceptors (Lipinski definition) is 3. The zero-order valence-electron chi connectivity index (χ0n) is 8.73. The second-order valence-electron chi connectivity index (χ2n) is 3.05. The lowest BCUT2D eigenvalue weighted by Gasteiger charge is -2.23. The molecule has 1 aromatic heterocycles. The van der Waals surface area contributed by atoms with E-state index in [-0.39, 0.29) is 0 Å². The number of aromatic nitrogens is 1. The molecule has 0 aromatic carbocycles. The molecule has 0 aliphatic carbocycles. The number of rotatable bonds is 5. The Labute approximate surface area is 84.8 Å². The zero-order chi connectivity index (χ0) is 10.4. The Morgan fingerprint density at radius 1 is 1.43 bits per heavy atom. The lowest BCUT2D eigenvalue weighted by atomic mass is 10.1. The highest BCUT2D eigenvalue weighted by Gasteiger charge is 2.06. The summed E-state index contributed by atoms with van der Waals surface area (Å²) in [6.07, 6.45) is 4.90. The van der Waals surface area contributed by atoms with Crippen LogP contribution in [-0.4, -0.2) is 24.4 Å². The molecule has 3 heteroatoms. The summed E-state index contributed by atoms with van der Waals surface area (Å²) < 4.78 is 0. The van der Waals surface area contributed by atoms with Crippen LogP contribution in [0.25, 0.3) is 0 Å². The molecule has 0 atom stereocenters. The first-order valence-electron chi connectivity index (χ1n) is 4.94. The van der Waals surface area contributed by atoms with Gasteiger partial charge >= 0.3 is 0 Å². The number of carbonyl (C=O) groups excluding carboxylic acids is 1. The van der Waals surface area contributed by atoms with Gasteiger partial charge in [0.2, 0.25) is 0 Å². The van der Waals surface area contributed by atoms with Gasteiger partial charge in [0.15, 0.2) is 0 Å². The van der Waals surface area contributed by atoms with Gasteiger partial charge in [0.05, 0.1) is 0 Å². The highest BCUT2D eigenvalue weighted by atomic mass is 16.1. The molecule has 0 radical (unpaired) electrons. The minimum Gasteiger partial charge on any atom is -0.372 e. The van der Waals surface area contributed by atoms with E-state index in [0.717, 1.165) is 30.6 Å². The Hall–Kier alpha value is -1.38. The molecule has 0 fully saturated rings. The summed E-state index contributed by atoms with van der Waals surface area (Å²) in [5.74, 6) is 0. The molecule has 0 N–H and O–H groups in total. The quantitative estimate of drug-likeness (QED) is 0.665. The monoisotopic (exact) mass is 192 g/mol. The van der Waals surface area contributed by atoms with Crippen LogP contribution in [0.5, 0.6) is 0 Å². The third kappa shape index (κ3) is 2.31. The first-order chi connectivity index (χ1) is 6.83. The van der Waals surface area contributed by atoms with Crippen LogP contribution in [0.15, 0.2) is 18.5 Å². The molecule has 0 bridgehead atoms.